The Kier molecular flexibility index (Phi) is 6.38. The van der Waals surface area contributed by atoms with Gasteiger partial charge in [-0.3, -0.25) is 9.59 Å². The fourth-order valence-electron chi connectivity index (χ4n) is 5.94. The summed E-state index contributed by atoms with van der Waals surface area (Å²) in [6, 6.07) is 5.02. The van der Waals surface area contributed by atoms with E-state index in [0.29, 0.717) is 45.6 Å². The molecule has 4 N–H and O–H groups in total. The Morgan fingerprint density at radius 2 is 2.00 bits per heavy atom. The van der Waals surface area contributed by atoms with Crippen LogP contribution in [0.3, 0.4) is 0 Å². The molecule has 2 saturated carbocycles. The number of H-pyrrole nitrogens is 1. The fourth-order valence-corrected chi connectivity index (χ4v) is 6.20. The number of amides is 1. The van der Waals surface area contributed by atoms with Gasteiger partial charge in [0.15, 0.2) is 5.78 Å². The van der Waals surface area contributed by atoms with E-state index in [4.69, 9.17) is 16.3 Å². The third kappa shape index (κ3) is 4.60. The monoisotopic (exact) mass is 523 g/mol. The minimum absolute atomic E-state index is 0.00339. The van der Waals surface area contributed by atoms with Crippen molar-refractivity contribution in [3.63, 3.8) is 0 Å². The van der Waals surface area contributed by atoms with Crippen molar-refractivity contribution < 1.29 is 19.4 Å². The minimum Gasteiger partial charge on any atom is -0.394 e. The maximum absolute atomic E-state index is 13.6. The molecule has 0 radical (unpaired) electrons. The highest BCUT2D eigenvalue weighted by atomic mass is 35.5. The first kappa shape index (κ1) is 24.3. The van der Waals surface area contributed by atoms with Gasteiger partial charge in [-0.1, -0.05) is 18.0 Å². The lowest BCUT2D eigenvalue weighted by Crippen LogP contribution is -2.53. The molecule has 3 aromatic rings. The molecule has 0 unspecified atom stereocenters. The van der Waals surface area contributed by atoms with Crippen molar-refractivity contribution in [2.75, 3.05) is 18.5 Å². The Labute approximate surface area is 219 Å². The predicted octanol–water partition coefficient (Wildman–Crippen LogP) is 3.86. The Morgan fingerprint density at radius 3 is 2.68 bits per heavy atom. The summed E-state index contributed by atoms with van der Waals surface area (Å²) < 4.78 is 5.67. The maximum Gasteiger partial charge on any atom is 0.251 e. The number of carbonyl (C=O) groups excluding carboxylic acids is 2. The Balaban J connectivity index is 1.19. The molecule has 2 aliphatic carbocycles. The highest BCUT2D eigenvalue weighted by Crippen LogP contribution is 2.55. The number of hydrogen-bond donors (Lipinski definition) is 4. The summed E-state index contributed by atoms with van der Waals surface area (Å²) in [7, 11) is 0. The molecule has 2 aromatic heterocycles. The lowest BCUT2D eigenvalue weighted by Gasteiger charge is -2.54. The zero-order valence-corrected chi connectivity index (χ0v) is 21.2. The number of aromatic amines is 1. The molecular weight excluding hydrogens is 494 g/mol. The van der Waals surface area contributed by atoms with Gasteiger partial charge in [0, 0.05) is 23.4 Å². The summed E-state index contributed by atoms with van der Waals surface area (Å²) in [6.07, 6.45) is 10.4. The van der Waals surface area contributed by atoms with Crippen LogP contribution >= 0.6 is 11.6 Å². The maximum atomic E-state index is 13.6. The molecule has 37 heavy (non-hydrogen) atoms. The van der Waals surface area contributed by atoms with Crippen molar-refractivity contribution in [1.29, 1.82) is 0 Å². The SMILES string of the molecule is O=C(NC1CC2(CCC2)C1)c1ccc(C(=O)c2c[nH]c3ncnc(N[C@@H]4CC[C@@H](CO)OC4)c23)c(Cl)c1. The molecule has 10 heteroatoms. The predicted molar refractivity (Wildman–Crippen MR) is 139 cm³/mol. The summed E-state index contributed by atoms with van der Waals surface area (Å²) in [4.78, 5) is 38.0. The summed E-state index contributed by atoms with van der Waals surface area (Å²) in [5.41, 5.74) is 2.15. The van der Waals surface area contributed by atoms with E-state index in [1.165, 1.54) is 25.6 Å². The molecule has 3 fully saturated rings. The standard InChI is InChI=1S/C27H30ClN5O4/c28-21-8-15(26(36)33-17-9-27(10-17)6-1-7-27)2-5-19(21)23(35)20-11-29-24-22(20)25(31-14-30-24)32-16-3-4-18(12-34)37-13-16/h2,5,8,11,14,16-18,34H,1,3-4,6-7,9-10,12-13H2,(H,33,36)(H2,29,30,31,32)/t16-,18+/m1/s1. The van der Waals surface area contributed by atoms with Crippen molar-refractivity contribution in [1.82, 2.24) is 20.3 Å². The second-order valence-corrected chi connectivity index (χ2v) is 11.1. The number of benzene rings is 1. The summed E-state index contributed by atoms with van der Waals surface area (Å²) >= 11 is 6.53. The molecule has 6 rings (SSSR count). The van der Waals surface area contributed by atoms with Crippen LogP contribution in [0.2, 0.25) is 5.02 Å². The number of aliphatic hydroxyl groups excluding tert-OH is 1. The molecule has 3 aliphatic rings. The Hall–Kier alpha value is -3.01. The van der Waals surface area contributed by atoms with Crippen LogP contribution in [0.25, 0.3) is 11.0 Å². The lowest BCUT2D eigenvalue weighted by molar-refractivity contribution is -0.0224. The average molecular weight is 524 g/mol. The van der Waals surface area contributed by atoms with Gasteiger partial charge >= 0.3 is 0 Å². The van der Waals surface area contributed by atoms with Crippen molar-refractivity contribution in [3.8, 4) is 0 Å². The van der Waals surface area contributed by atoms with E-state index in [1.54, 1.807) is 24.4 Å². The van der Waals surface area contributed by atoms with Crippen LogP contribution in [0.1, 0.15) is 71.2 Å². The highest BCUT2D eigenvalue weighted by molar-refractivity contribution is 6.36. The first-order valence-electron chi connectivity index (χ1n) is 12.9. The third-order valence-corrected chi connectivity index (χ3v) is 8.53. The van der Waals surface area contributed by atoms with Gasteiger partial charge in [0.1, 0.15) is 17.8 Å². The Morgan fingerprint density at radius 1 is 1.16 bits per heavy atom. The topological polar surface area (TPSA) is 129 Å². The number of rotatable bonds is 7. The first-order valence-corrected chi connectivity index (χ1v) is 13.3. The van der Waals surface area contributed by atoms with E-state index in [9.17, 15) is 14.7 Å². The molecule has 2 atom stereocenters. The van der Waals surface area contributed by atoms with Gasteiger partial charge in [-0.05, 0) is 62.1 Å². The van der Waals surface area contributed by atoms with Gasteiger partial charge in [-0.15, -0.1) is 0 Å². The van der Waals surface area contributed by atoms with Crippen molar-refractivity contribution in [3.05, 3.63) is 52.4 Å². The highest BCUT2D eigenvalue weighted by Gasteiger charge is 2.48. The number of nitrogens with zero attached hydrogens (tertiary/aromatic N) is 2. The number of aliphatic hydroxyl groups is 1. The number of nitrogens with one attached hydrogen (secondary N) is 3. The molecule has 1 aromatic carbocycles. The van der Waals surface area contributed by atoms with Crippen LogP contribution in [0.4, 0.5) is 5.82 Å². The normalized spacial score (nSPS) is 22.9. The first-order chi connectivity index (χ1) is 17.9. The van der Waals surface area contributed by atoms with E-state index in [0.717, 1.165) is 25.7 Å². The Bertz CT molecular complexity index is 1340. The van der Waals surface area contributed by atoms with Crippen LogP contribution in [0.15, 0.2) is 30.7 Å². The molecule has 1 aliphatic heterocycles. The molecular formula is C27H30ClN5O4. The number of halogens is 1. The van der Waals surface area contributed by atoms with Gasteiger partial charge in [-0.2, -0.15) is 0 Å². The number of carbonyl (C=O) groups is 2. The van der Waals surface area contributed by atoms with Crippen molar-refractivity contribution >= 4 is 40.1 Å². The molecule has 1 amide bonds. The van der Waals surface area contributed by atoms with Gasteiger partial charge in [0.05, 0.1) is 41.3 Å². The van der Waals surface area contributed by atoms with E-state index >= 15 is 0 Å². The molecule has 9 nitrogen and oxygen atoms in total. The summed E-state index contributed by atoms with van der Waals surface area (Å²) in [6.45, 7) is 0.436. The van der Waals surface area contributed by atoms with E-state index in [1.807, 2.05) is 0 Å². The van der Waals surface area contributed by atoms with Crippen molar-refractivity contribution in [2.45, 2.75) is 63.1 Å². The van der Waals surface area contributed by atoms with E-state index in [-0.39, 0.29) is 41.5 Å². The fraction of sp³-hybridized carbons (Fsp3) is 0.481. The third-order valence-electron chi connectivity index (χ3n) is 8.21. The quantitative estimate of drug-likeness (QED) is 0.346. The van der Waals surface area contributed by atoms with E-state index < -0.39 is 0 Å². The van der Waals surface area contributed by atoms with E-state index in [2.05, 4.69) is 25.6 Å². The zero-order chi connectivity index (χ0) is 25.6. The number of anilines is 1. The molecule has 3 heterocycles. The van der Waals surface area contributed by atoms with Crippen LogP contribution in [0.5, 0.6) is 0 Å². The minimum atomic E-state index is -0.285. The lowest BCUT2D eigenvalue weighted by atomic mass is 9.54. The molecule has 194 valence electrons. The van der Waals surface area contributed by atoms with Gasteiger partial charge < -0.3 is 25.5 Å². The largest absolute Gasteiger partial charge is 0.394 e. The van der Waals surface area contributed by atoms with Crippen LogP contribution in [0, 0.1) is 5.41 Å². The number of hydrogen-bond acceptors (Lipinski definition) is 7. The van der Waals surface area contributed by atoms with Crippen LogP contribution in [-0.4, -0.2) is 63.2 Å². The van der Waals surface area contributed by atoms with Crippen LogP contribution < -0.4 is 10.6 Å². The number of fused-ring (bicyclic) bond motifs is 1. The molecule has 0 bridgehead atoms. The van der Waals surface area contributed by atoms with Gasteiger partial charge in [0.2, 0.25) is 0 Å². The molecule has 1 saturated heterocycles. The average Bonchev–Trinajstić information content (AvgIpc) is 3.30. The second-order valence-electron chi connectivity index (χ2n) is 10.7. The number of aromatic nitrogens is 3. The second kappa shape index (κ2) is 9.70. The van der Waals surface area contributed by atoms with Gasteiger partial charge in [0.25, 0.3) is 5.91 Å². The van der Waals surface area contributed by atoms with Crippen LogP contribution in [-0.2, 0) is 4.74 Å². The smallest absolute Gasteiger partial charge is 0.251 e. The number of ketones is 1. The summed E-state index contributed by atoms with van der Waals surface area (Å²) in [5.74, 6) is 0.0832. The zero-order valence-electron chi connectivity index (χ0n) is 20.4. The van der Waals surface area contributed by atoms with Gasteiger partial charge in [-0.25, -0.2) is 9.97 Å². The number of ether oxygens (including phenoxy) is 1. The molecule has 1 spiro atoms. The summed E-state index contributed by atoms with van der Waals surface area (Å²) in [5, 5.41) is 16.6. The van der Waals surface area contributed by atoms with Crippen molar-refractivity contribution in [2.24, 2.45) is 5.41 Å².